The zero-order valence-corrected chi connectivity index (χ0v) is 16.6. The Labute approximate surface area is 153 Å². The molecule has 1 fully saturated rings. The van der Waals surface area contributed by atoms with Gasteiger partial charge < -0.3 is 9.53 Å². The first-order valence-electron chi connectivity index (χ1n) is 9.40. The van der Waals surface area contributed by atoms with E-state index < -0.39 is 8.32 Å². The van der Waals surface area contributed by atoms with Crippen molar-refractivity contribution < 1.29 is 9.53 Å². The van der Waals surface area contributed by atoms with Crippen molar-refractivity contribution in [2.75, 3.05) is 0 Å². The van der Waals surface area contributed by atoms with E-state index in [4.69, 9.17) is 4.43 Å². The third-order valence-electron chi connectivity index (χ3n) is 5.40. The molecular weight excluding hydrogens is 324 g/mol. The van der Waals surface area contributed by atoms with Gasteiger partial charge in [0.15, 0.2) is 0 Å². The van der Waals surface area contributed by atoms with Gasteiger partial charge in [0.05, 0.1) is 6.10 Å². The Hall–Kier alpha value is -1.42. The van der Waals surface area contributed by atoms with Gasteiger partial charge in [-0.05, 0) is 41.1 Å². The Morgan fingerprint density at radius 3 is 1.64 bits per heavy atom. The first kappa shape index (κ1) is 18.4. The van der Waals surface area contributed by atoms with Crippen LogP contribution in [0, 0.1) is 0 Å². The highest BCUT2D eigenvalue weighted by Gasteiger charge is 2.51. The minimum atomic E-state index is -2.44. The molecule has 0 amide bonds. The standard InChI is InChI=1S/C22H30O2Si/c1-22(2,3)25(20-10-6-4-7-11-20,21-12-8-5-9-13-21)24-19-16-14-18(23)15-17-19/h4-13,18-19,23H,14-17H2,1-3H3/t18-,19-. The van der Waals surface area contributed by atoms with Crippen LogP contribution in [-0.4, -0.2) is 25.6 Å². The molecule has 0 spiro atoms. The van der Waals surface area contributed by atoms with Crippen LogP contribution < -0.4 is 10.4 Å². The van der Waals surface area contributed by atoms with Crippen LogP contribution in [-0.2, 0) is 4.43 Å². The SMILES string of the molecule is CC(C)(C)[Si](O[C@H]1CC[C@H](O)CC1)(c1ccccc1)c1ccccc1. The summed E-state index contributed by atoms with van der Waals surface area (Å²) in [5.41, 5.74) is 0. The molecule has 0 radical (unpaired) electrons. The Kier molecular flexibility index (Phi) is 5.47. The normalized spacial score (nSPS) is 21.9. The van der Waals surface area contributed by atoms with Crippen LogP contribution in [0.1, 0.15) is 46.5 Å². The van der Waals surface area contributed by atoms with Gasteiger partial charge in [-0.25, -0.2) is 0 Å². The Morgan fingerprint density at radius 2 is 1.24 bits per heavy atom. The van der Waals surface area contributed by atoms with E-state index in [1.165, 1.54) is 10.4 Å². The second kappa shape index (κ2) is 7.44. The summed E-state index contributed by atoms with van der Waals surface area (Å²) in [5.74, 6) is 0. The quantitative estimate of drug-likeness (QED) is 0.845. The van der Waals surface area contributed by atoms with Crippen molar-refractivity contribution in [3.8, 4) is 0 Å². The van der Waals surface area contributed by atoms with Crippen LogP contribution in [0.25, 0.3) is 0 Å². The molecular formula is C22H30O2Si. The lowest BCUT2D eigenvalue weighted by atomic mass is 9.95. The minimum Gasteiger partial charge on any atom is -0.404 e. The molecule has 134 valence electrons. The summed E-state index contributed by atoms with van der Waals surface area (Å²) < 4.78 is 7.09. The Balaban J connectivity index is 2.09. The maximum atomic E-state index is 9.87. The number of hydrogen-bond acceptors (Lipinski definition) is 2. The van der Waals surface area contributed by atoms with Crippen molar-refractivity contribution in [2.24, 2.45) is 0 Å². The minimum absolute atomic E-state index is 0.0196. The fourth-order valence-corrected chi connectivity index (χ4v) is 8.85. The van der Waals surface area contributed by atoms with Crippen LogP contribution in [0.5, 0.6) is 0 Å². The van der Waals surface area contributed by atoms with Gasteiger partial charge in [0, 0.05) is 6.10 Å². The number of aliphatic hydroxyl groups is 1. The van der Waals surface area contributed by atoms with Gasteiger partial charge >= 0.3 is 0 Å². The topological polar surface area (TPSA) is 29.5 Å². The van der Waals surface area contributed by atoms with E-state index in [0.717, 1.165) is 25.7 Å². The van der Waals surface area contributed by atoms with Gasteiger partial charge in [0.2, 0.25) is 0 Å². The molecule has 1 N–H and O–H groups in total. The summed E-state index contributed by atoms with van der Waals surface area (Å²) in [5, 5.41) is 12.6. The lowest BCUT2D eigenvalue weighted by Crippen LogP contribution is -2.67. The zero-order valence-electron chi connectivity index (χ0n) is 15.6. The molecule has 3 heteroatoms. The maximum Gasteiger partial charge on any atom is 0.261 e. The summed E-state index contributed by atoms with van der Waals surface area (Å²) in [6, 6.07) is 21.6. The van der Waals surface area contributed by atoms with Crippen LogP contribution in [0.3, 0.4) is 0 Å². The summed E-state index contributed by atoms with van der Waals surface area (Å²) in [6.45, 7) is 6.95. The smallest absolute Gasteiger partial charge is 0.261 e. The molecule has 3 rings (SSSR count). The van der Waals surface area contributed by atoms with E-state index in [0.29, 0.717) is 0 Å². The molecule has 1 aliphatic rings. The summed E-state index contributed by atoms with van der Waals surface area (Å²) in [4.78, 5) is 0. The molecule has 25 heavy (non-hydrogen) atoms. The first-order valence-corrected chi connectivity index (χ1v) is 11.3. The average Bonchev–Trinajstić information content (AvgIpc) is 2.62. The molecule has 1 aliphatic carbocycles. The maximum absolute atomic E-state index is 9.87. The van der Waals surface area contributed by atoms with E-state index >= 15 is 0 Å². The van der Waals surface area contributed by atoms with Crippen molar-refractivity contribution >= 4 is 18.7 Å². The van der Waals surface area contributed by atoms with Crippen LogP contribution >= 0.6 is 0 Å². The highest BCUT2D eigenvalue weighted by Crippen LogP contribution is 2.39. The van der Waals surface area contributed by atoms with E-state index in [2.05, 4.69) is 81.4 Å². The lowest BCUT2D eigenvalue weighted by molar-refractivity contribution is 0.0618. The van der Waals surface area contributed by atoms with E-state index in [-0.39, 0.29) is 17.2 Å². The van der Waals surface area contributed by atoms with Crippen LogP contribution in [0.15, 0.2) is 60.7 Å². The number of hydrogen-bond donors (Lipinski definition) is 1. The van der Waals surface area contributed by atoms with E-state index in [1.807, 2.05) is 0 Å². The Morgan fingerprint density at radius 1 is 0.800 bits per heavy atom. The van der Waals surface area contributed by atoms with Gasteiger partial charge in [0.1, 0.15) is 0 Å². The molecule has 0 bridgehead atoms. The van der Waals surface area contributed by atoms with Gasteiger partial charge in [0.25, 0.3) is 8.32 Å². The summed E-state index contributed by atoms with van der Waals surface area (Å²) in [7, 11) is -2.44. The number of benzene rings is 2. The predicted molar refractivity (Wildman–Crippen MR) is 107 cm³/mol. The summed E-state index contributed by atoms with van der Waals surface area (Å²) in [6.07, 6.45) is 3.68. The van der Waals surface area contributed by atoms with Crippen molar-refractivity contribution in [2.45, 2.75) is 63.7 Å². The third kappa shape index (κ3) is 3.74. The highest BCUT2D eigenvalue weighted by atomic mass is 28.4. The lowest BCUT2D eigenvalue weighted by Gasteiger charge is -2.46. The molecule has 0 saturated heterocycles. The second-order valence-corrected chi connectivity index (χ2v) is 12.5. The number of aliphatic hydroxyl groups excluding tert-OH is 1. The summed E-state index contributed by atoms with van der Waals surface area (Å²) >= 11 is 0. The van der Waals surface area contributed by atoms with Crippen LogP contribution in [0.4, 0.5) is 0 Å². The molecule has 2 aromatic rings. The third-order valence-corrected chi connectivity index (χ3v) is 10.5. The Bertz CT molecular complexity index is 616. The van der Waals surface area contributed by atoms with E-state index in [1.54, 1.807) is 0 Å². The monoisotopic (exact) mass is 354 g/mol. The molecule has 0 atom stereocenters. The first-order chi connectivity index (χ1) is 11.9. The van der Waals surface area contributed by atoms with Crippen LogP contribution in [0.2, 0.25) is 5.04 Å². The van der Waals surface area contributed by atoms with Crippen molar-refractivity contribution in [3.05, 3.63) is 60.7 Å². The largest absolute Gasteiger partial charge is 0.404 e. The fraction of sp³-hybridized carbons (Fsp3) is 0.455. The molecule has 2 nitrogen and oxygen atoms in total. The van der Waals surface area contributed by atoms with Gasteiger partial charge in [-0.3, -0.25) is 0 Å². The molecule has 1 saturated carbocycles. The van der Waals surface area contributed by atoms with Crippen molar-refractivity contribution in [1.29, 1.82) is 0 Å². The number of rotatable bonds is 4. The fourth-order valence-electron chi connectivity index (χ4n) is 4.10. The molecule has 0 heterocycles. The zero-order chi connectivity index (χ0) is 17.9. The molecule has 0 unspecified atom stereocenters. The van der Waals surface area contributed by atoms with Gasteiger partial charge in [-0.15, -0.1) is 0 Å². The van der Waals surface area contributed by atoms with Gasteiger partial charge in [-0.1, -0.05) is 81.4 Å². The van der Waals surface area contributed by atoms with Gasteiger partial charge in [-0.2, -0.15) is 0 Å². The second-order valence-electron chi connectivity index (χ2n) is 8.21. The molecule has 2 aromatic carbocycles. The molecule has 0 aliphatic heterocycles. The average molecular weight is 355 g/mol. The highest BCUT2D eigenvalue weighted by molar-refractivity contribution is 6.99. The molecule has 0 aromatic heterocycles. The predicted octanol–water partition coefficient (Wildman–Crippen LogP) is 3.87. The van der Waals surface area contributed by atoms with Crippen molar-refractivity contribution in [3.63, 3.8) is 0 Å². The van der Waals surface area contributed by atoms with Crippen molar-refractivity contribution in [1.82, 2.24) is 0 Å². The van der Waals surface area contributed by atoms with E-state index in [9.17, 15) is 5.11 Å².